The summed E-state index contributed by atoms with van der Waals surface area (Å²) < 4.78 is 38.4. The molecule has 2 heterocycles. The molecule has 0 fully saturated rings. The molecule has 0 atom stereocenters. The molecule has 0 aliphatic carbocycles. The molecule has 0 unspecified atom stereocenters. The van der Waals surface area contributed by atoms with Gasteiger partial charge in [0, 0.05) is 47.0 Å². The predicted molar refractivity (Wildman–Crippen MR) is 102 cm³/mol. The minimum atomic E-state index is -5.04. The molecule has 142 valence electrons. The van der Waals surface area contributed by atoms with Crippen molar-refractivity contribution in [3.63, 3.8) is 0 Å². The van der Waals surface area contributed by atoms with Crippen molar-refractivity contribution in [1.29, 1.82) is 0 Å². The maximum atomic E-state index is 12.8. The molecule has 0 radical (unpaired) electrons. The number of rotatable bonds is 1. The van der Waals surface area contributed by atoms with Gasteiger partial charge in [0.15, 0.2) is 0 Å². The van der Waals surface area contributed by atoms with E-state index in [1.165, 1.54) is 24.5 Å². The standard InChI is InChI=1S/C22H12F3N3O/c23-22(24,25)21(29)28-20-18(10-8-16-4-2-12-26-14-16)6-1-7-19(20)11-9-17-5-3-13-27-15-17/h1-7,12-15H,(H,28,29). The number of pyridine rings is 2. The van der Waals surface area contributed by atoms with Gasteiger partial charge in [-0.15, -0.1) is 0 Å². The Labute approximate surface area is 164 Å². The second-order valence-electron chi connectivity index (χ2n) is 5.66. The number of benzene rings is 1. The largest absolute Gasteiger partial charge is 0.471 e. The average molecular weight is 391 g/mol. The molecule has 0 aliphatic heterocycles. The van der Waals surface area contributed by atoms with Crippen LogP contribution in [-0.4, -0.2) is 22.1 Å². The Morgan fingerprint density at radius 2 is 1.31 bits per heavy atom. The number of nitrogens with one attached hydrogen (secondary N) is 1. The third kappa shape index (κ3) is 5.44. The van der Waals surface area contributed by atoms with E-state index in [0.29, 0.717) is 11.1 Å². The Hall–Kier alpha value is -4.10. The molecule has 2 aromatic heterocycles. The van der Waals surface area contributed by atoms with E-state index in [0.717, 1.165) is 0 Å². The van der Waals surface area contributed by atoms with Crippen LogP contribution in [0.25, 0.3) is 0 Å². The van der Waals surface area contributed by atoms with Gasteiger partial charge in [0.25, 0.3) is 0 Å². The van der Waals surface area contributed by atoms with Gasteiger partial charge in [0.05, 0.1) is 5.69 Å². The first-order valence-corrected chi connectivity index (χ1v) is 8.29. The molecule has 0 aliphatic rings. The van der Waals surface area contributed by atoms with E-state index in [1.807, 2.05) is 5.32 Å². The van der Waals surface area contributed by atoms with Crippen LogP contribution in [-0.2, 0) is 4.79 Å². The fraction of sp³-hybridized carbons (Fsp3) is 0.0455. The molecule has 3 rings (SSSR count). The zero-order valence-electron chi connectivity index (χ0n) is 14.8. The third-order valence-corrected chi connectivity index (χ3v) is 3.57. The number of halogens is 3. The minimum Gasteiger partial charge on any atom is -0.316 e. The van der Waals surface area contributed by atoms with Gasteiger partial charge in [-0.2, -0.15) is 13.2 Å². The van der Waals surface area contributed by atoms with Crippen LogP contribution in [0.15, 0.2) is 67.3 Å². The first kappa shape index (κ1) is 19.7. The second-order valence-corrected chi connectivity index (χ2v) is 5.66. The average Bonchev–Trinajstić information content (AvgIpc) is 2.72. The summed E-state index contributed by atoms with van der Waals surface area (Å²) in [6.45, 7) is 0. The molecule has 1 amide bonds. The highest BCUT2D eigenvalue weighted by Crippen LogP contribution is 2.24. The third-order valence-electron chi connectivity index (χ3n) is 3.57. The summed E-state index contributed by atoms with van der Waals surface area (Å²) in [5.74, 6) is 9.07. The summed E-state index contributed by atoms with van der Waals surface area (Å²) in [5, 5.41) is 1.89. The van der Waals surface area contributed by atoms with Crippen molar-refractivity contribution in [1.82, 2.24) is 9.97 Å². The van der Waals surface area contributed by atoms with E-state index in [9.17, 15) is 18.0 Å². The van der Waals surface area contributed by atoms with Gasteiger partial charge < -0.3 is 5.32 Å². The summed E-state index contributed by atoms with van der Waals surface area (Å²) in [5.41, 5.74) is 1.44. The highest BCUT2D eigenvalue weighted by Gasteiger charge is 2.39. The molecule has 0 saturated heterocycles. The summed E-state index contributed by atoms with van der Waals surface area (Å²) in [6.07, 6.45) is 1.15. The number of alkyl halides is 3. The molecule has 7 heteroatoms. The summed E-state index contributed by atoms with van der Waals surface area (Å²) in [4.78, 5) is 19.4. The summed E-state index contributed by atoms with van der Waals surface area (Å²) >= 11 is 0. The van der Waals surface area contributed by atoms with Crippen LogP contribution in [0.5, 0.6) is 0 Å². The Kier molecular flexibility index (Phi) is 5.91. The molecule has 29 heavy (non-hydrogen) atoms. The lowest BCUT2D eigenvalue weighted by Gasteiger charge is -2.11. The van der Waals surface area contributed by atoms with Crippen molar-refractivity contribution < 1.29 is 18.0 Å². The summed E-state index contributed by atoms with van der Waals surface area (Å²) in [6, 6.07) is 11.4. The number of carbonyl (C=O) groups is 1. The monoisotopic (exact) mass is 391 g/mol. The number of carbonyl (C=O) groups excluding carboxylic acids is 1. The first-order valence-electron chi connectivity index (χ1n) is 8.29. The zero-order valence-corrected chi connectivity index (χ0v) is 14.8. The van der Waals surface area contributed by atoms with Crippen molar-refractivity contribution >= 4 is 11.6 Å². The molecule has 1 N–H and O–H groups in total. The number of para-hydroxylation sites is 1. The number of nitrogens with zero attached hydrogens (tertiary/aromatic N) is 2. The maximum absolute atomic E-state index is 12.8. The van der Waals surface area contributed by atoms with Crippen molar-refractivity contribution in [3.8, 4) is 23.7 Å². The number of aromatic nitrogens is 2. The van der Waals surface area contributed by atoms with Gasteiger partial charge in [0.1, 0.15) is 0 Å². The summed E-state index contributed by atoms with van der Waals surface area (Å²) in [7, 11) is 0. The van der Waals surface area contributed by atoms with Crippen LogP contribution in [0.4, 0.5) is 18.9 Å². The van der Waals surface area contributed by atoms with E-state index in [-0.39, 0.29) is 16.8 Å². The lowest BCUT2D eigenvalue weighted by Crippen LogP contribution is -2.30. The van der Waals surface area contributed by atoms with Crippen LogP contribution in [0.3, 0.4) is 0 Å². The Morgan fingerprint density at radius 3 is 1.72 bits per heavy atom. The van der Waals surface area contributed by atoms with E-state index >= 15 is 0 Å². The van der Waals surface area contributed by atoms with Gasteiger partial charge in [-0.1, -0.05) is 29.7 Å². The van der Waals surface area contributed by atoms with Crippen molar-refractivity contribution in [3.05, 3.63) is 89.5 Å². The number of hydrogen-bond acceptors (Lipinski definition) is 3. The second kappa shape index (κ2) is 8.73. The molecule has 0 saturated carbocycles. The van der Waals surface area contributed by atoms with E-state index < -0.39 is 12.1 Å². The van der Waals surface area contributed by atoms with Crippen molar-refractivity contribution in [2.75, 3.05) is 5.32 Å². The van der Waals surface area contributed by atoms with Crippen LogP contribution in [0.2, 0.25) is 0 Å². The molecule has 1 aromatic carbocycles. The Balaban J connectivity index is 2.05. The minimum absolute atomic E-state index is 0.109. The molecule has 0 spiro atoms. The van der Waals surface area contributed by atoms with E-state index in [1.54, 1.807) is 42.7 Å². The van der Waals surface area contributed by atoms with Crippen LogP contribution < -0.4 is 5.32 Å². The SMILES string of the molecule is O=C(Nc1c(C#Cc2cccnc2)cccc1C#Cc1cccnc1)C(F)(F)F. The molecule has 0 bridgehead atoms. The van der Waals surface area contributed by atoms with Gasteiger partial charge in [-0.25, -0.2) is 0 Å². The fourth-order valence-electron chi connectivity index (χ4n) is 2.23. The topological polar surface area (TPSA) is 54.9 Å². The highest BCUT2D eigenvalue weighted by atomic mass is 19.4. The van der Waals surface area contributed by atoms with E-state index in [2.05, 4.69) is 33.6 Å². The quantitative estimate of drug-likeness (QED) is 0.643. The zero-order chi connectivity index (χ0) is 20.7. The molecular formula is C22H12F3N3O. The first-order chi connectivity index (χ1) is 13.9. The highest BCUT2D eigenvalue weighted by molar-refractivity contribution is 5.97. The van der Waals surface area contributed by atoms with Crippen LogP contribution in [0.1, 0.15) is 22.3 Å². The van der Waals surface area contributed by atoms with Gasteiger partial charge in [-0.05, 0) is 36.4 Å². The van der Waals surface area contributed by atoms with Crippen molar-refractivity contribution in [2.24, 2.45) is 0 Å². The molecule has 4 nitrogen and oxygen atoms in total. The van der Waals surface area contributed by atoms with E-state index in [4.69, 9.17) is 0 Å². The number of anilines is 1. The lowest BCUT2D eigenvalue weighted by molar-refractivity contribution is -0.167. The number of amides is 1. The Bertz CT molecular complexity index is 1060. The predicted octanol–water partition coefficient (Wildman–Crippen LogP) is 3.78. The normalized spacial score (nSPS) is 10.2. The van der Waals surface area contributed by atoms with Gasteiger partial charge in [-0.3, -0.25) is 14.8 Å². The van der Waals surface area contributed by atoms with Crippen LogP contribution >= 0.6 is 0 Å². The molecule has 3 aromatic rings. The van der Waals surface area contributed by atoms with Crippen LogP contribution in [0, 0.1) is 23.7 Å². The van der Waals surface area contributed by atoms with Gasteiger partial charge in [0.2, 0.25) is 0 Å². The van der Waals surface area contributed by atoms with Gasteiger partial charge >= 0.3 is 12.1 Å². The maximum Gasteiger partial charge on any atom is 0.471 e. The fourth-order valence-corrected chi connectivity index (χ4v) is 2.23. The Morgan fingerprint density at radius 1 is 0.793 bits per heavy atom. The smallest absolute Gasteiger partial charge is 0.316 e. The molecular weight excluding hydrogens is 379 g/mol. The number of hydrogen-bond donors (Lipinski definition) is 1. The van der Waals surface area contributed by atoms with Crippen molar-refractivity contribution in [2.45, 2.75) is 6.18 Å². The lowest BCUT2D eigenvalue weighted by atomic mass is 10.1.